The monoisotopic (exact) mass is 349 g/mol. The van der Waals surface area contributed by atoms with Gasteiger partial charge >= 0.3 is 6.03 Å². The predicted molar refractivity (Wildman–Crippen MR) is 94.1 cm³/mol. The molecule has 2 amide bonds. The van der Waals surface area contributed by atoms with E-state index in [0.717, 1.165) is 44.7 Å². The van der Waals surface area contributed by atoms with Gasteiger partial charge in [-0.3, -0.25) is 4.90 Å². The summed E-state index contributed by atoms with van der Waals surface area (Å²) in [6.45, 7) is 4.00. The van der Waals surface area contributed by atoms with Gasteiger partial charge in [-0.15, -0.1) is 0 Å². The molecule has 7 nitrogen and oxygen atoms in total. The molecule has 0 unspecified atom stereocenters. The molecule has 2 aliphatic heterocycles. The van der Waals surface area contributed by atoms with Gasteiger partial charge in [-0.05, 0) is 30.5 Å². The van der Waals surface area contributed by atoms with Crippen molar-refractivity contribution in [1.82, 2.24) is 15.5 Å². The number of hydrogen-bond acceptors (Lipinski definition) is 5. The summed E-state index contributed by atoms with van der Waals surface area (Å²) in [7, 11) is 3.20. The van der Waals surface area contributed by atoms with Gasteiger partial charge in [0.2, 0.25) is 0 Å². The van der Waals surface area contributed by atoms with E-state index in [1.54, 1.807) is 14.2 Å². The minimum atomic E-state index is -0.133. The Morgan fingerprint density at radius 1 is 1.20 bits per heavy atom. The Hall–Kier alpha value is -1.99. The topological polar surface area (TPSA) is 72.1 Å². The largest absolute Gasteiger partial charge is 0.493 e. The molecule has 0 saturated carbocycles. The molecule has 0 aliphatic carbocycles. The van der Waals surface area contributed by atoms with Crippen molar-refractivity contribution in [2.75, 3.05) is 40.5 Å². The quantitative estimate of drug-likeness (QED) is 0.812. The smallest absolute Gasteiger partial charge is 0.315 e. The average molecular weight is 349 g/mol. The highest BCUT2D eigenvalue weighted by atomic mass is 16.5. The van der Waals surface area contributed by atoms with E-state index in [-0.39, 0.29) is 12.1 Å². The molecule has 0 radical (unpaired) electrons. The first-order valence-corrected chi connectivity index (χ1v) is 8.76. The summed E-state index contributed by atoms with van der Waals surface area (Å²) in [6.07, 6.45) is 2.19. The standard InChI is InChI=1S/C18H27N3O4/c1-23-16-4-3-13(9-17(16)24-2)10-19-18(22)20-14-11-21(12-14)15-5-7-25-8-6-15/h3-4,9,14-15H,5-8,10-12H2,1-2H3,(H2,19,20,22). The Labute approximate surface area is 148 Å². The lowest BCUT2D eigenvalue weighted by molar-refractivity contribution is -0.00151. The van der Waals surface area contributed by atoms with Crippen LogP contribution in [-0.4, -0.2) is 63.5 Å². The Kier molecular flexibility index (Phi) is 5.99. The molecule has 0 aromatic heterocycles. The molecule has 25 heavy (non-hydrogen) atoms. The van der Waals surface area contributed by atoms with Crippen LogP contribution in [0, 0.1) is 0 Å². The lowest BCUT2D eigenvalue weighted by Gasteiger charge is -2.45. The Morgan fingerprint density at radius 2 is 1.92 bits per heavy atom. The molecular weight excluding hydrogens is 322 g/mol. The molecule has 7 heteroatoms. The normalized spacial score (nSPS) is 19.1. The maximum atomic E-state index is 12.1. The molecule has 2 N–H and O–H groups in total. The second-order valence-corrected chi connectivity index (χ2v) is 6.51. The van der Waals surface area contributed by atoms with Crippen LogP contribution < -0.4 is 20.1 Å². The lowest BCUT2D eigenvalue weighted by Crippen LogP contribution is -2.63. The molecule has 2 saturated heterocycles. The maximum Gasteiger partial charge on any atom is 0.315 e. The summed E-state index contributed by atoms with van der Waals surface area (Å²) in [6, 6.07) is 6.33. The molecule has 2 fully saturated rings. The van der Waals surface area contributed by atoms with E-state index in [1.807, 2.05) is 18.2 Å². The van der Waals surface area contributed by atoms with Crippen molar-refractivity contribution in [2.45, 2.75) is 31.5 Å². The molecule has 0 spiro atoms. The van der Waals surface area contributed by atoms with Gasteiger partial charge in [0.1, 0.15) is 0 Å². The summed E-state index contributed by atoms with van der Waals surface area (Å²) < 4.78 is 15.9. The zero-order valence-corrected chi connectivity index (χ0v) is 14.9. The maximum absolute atomic E-state index is 12.1. The fourth-order valence-corrected chi connectivity index (χ4v) is 3.36. The third-order valence-electron chi connectivity index (χ3n) is 4.85. The van der Waals surface area contributed by atoms with E-state index in [1.165, 1.54) is 0 Å². The van der Waals surface area contributed by atoms with Gasteiger partial charge in [0.25, 0.3) is 0 Å². The molecule has 2 aliphatic rings. The van der Waals surface area contributed by atoms with E-state index in [9.17, 15) is 4.79 Å². The first kappa shape index (κ1) is 17.8. The van der Waals surface area contributed by atoms with Gasteiger partial charge in [0.05, 0.1) is 20.3 Å². The number of nitrogens with one attached hydrogen (secondary N) is 2. The molecule has 1 aromatic rings. The summed E-state index contributed by atoms with van der Waals surface area (Å²) in [5, 5.41) is 5.92. The minimum Gasteiger partial charge on any atom is -0.493 e. The van der Waals surface area contributed by atoms with Crippen molar-refractivity contribution in [1.29, 1.82) is 0 Å². The highest BCUT2D eigenvalue weighted by Crippen LogP contribution is 2.27. The van der Waals surface area contributed by atoms with Crippen molar-refractivity contribution >= 4 is 6.03 Å². The fourth-order valence-electron chi connectivity index (χ4n) is 3.36. The van der Waals surface area contributed by atoms with Gasteiger partial charge in [0, 0.05) is 38.9 Å². The molecule has 2 heterocycles. The third kappa shape index (κ3) is 4.55. The minimum absolute atomic E-state index is 0.133. The average Bonchev–Trinajstić information content (AvgIpc) is 2.63. The van der Waals surface area contributed by atoms with Crippen LogP contribution >= 0.6 is 0 Å². The Morgan fingerprint density at radius 3 is 2.60 bits per heavy atom. The summed E-state index contributed by atoms with van der Waals surface area (Å²) in [5.74, 6) is 1.34. The van der Waals surface area contributed by atoms with E-state index in [2.05, 4.69) is 15.5 Å². The van der Waals surface area contributed by atoms with Crippen molar-refractivity contribution in [3.05, 3.63) is 23.8 Å². The van der Waals surface area contributed by atoms with Crippen LogP contribution in [0.1, 0.15) is 18.4 Å². The number of ether oxygens (including phenoxy) is 3. The zero-order chi connectivity index (χ0) is 17.6. The van der Waals surface area contributed by atoms with E-state index < -0.39 is 0 Å². The third-order valence-corrected chi connectivity index (χ3v) is 4.85. The summed E-state index contributed by atoms with van der Waals surface area (Å²) in [4.78, 5) is 14.5. The zero-order valence-electron chi connectivity index (χ0n) is 14.9. The number of carbonyl (C=O) groups excluding carboxylic acids is 1. The predicted octanol–water partition coefficient (Wildman–Crippen LogP) is 1.37. The number of likely N-dealkylation sites (tertiary alicyclic amines) is 1. The van der Waals surface area contributed by atoms with Gasteiger partial charge in [-0.2, -0.15) is 0 Å². The molecule has 3 rings (SSSR count). The van der Waals surface area contributed by atoms with E-state index in [4.69, 9.17) is 14.2 Å². The van der Waals surface area contributed by atoms with Crippen molar-refractivity contribution in [2.24, 2.45) is 0 Å². The SMILES string of the molecule is COc1ccc(CNC(=O)NC2CN(C3CCOCC3)C2)cc1OC. The van der Waals surface area contributed by atoms with Gasteiger partial charge < -0.3 is 24.8 Å². The second-order valence-electron chi connectivity index (χ2n) is 6.51. The highest BCUT2D eigenvalue weighted by molar-refractivity contribution is 5.74. The Balaban J connectivity index is 1.39. The summed E-state index contributed by atoms with van der Waals surface area (Å²) >= 11 is 0. The molecular formula is C18H27N3O4. The van der Waals surface area contributed by atoms with Gasteiger partial charge in [0.15, 0.2) is 11.5 Å². The second kappa shape index (κ2) is 8.40. The number of nitrogens with zero attached hydrogens (tertiary/aromatic N) is 1. The van der Waals surface area contributed by atoms with Crippen LogP contribution in [0.5, 0.6) is 11.5 Å². The van der Waals surface area contributed by atoms with Crippen LogP contribution in [0.3, 0.4) is 0 Å². The number of amides is 2. The first-order chi connectivity index (χ1) is 12.2. The van der Waals surface area contributed by atoms with Crippen molar-refractivity contribution in [3.63, 3.8) is 0 Å². The lowest BCUT2D eigenvalue weighted by atomic mass is 10.00. The number of methoxy groups -OCH3 is 2. The molecule has 0 atom stereocenters. The number of urea groups is 1. The van der Waals surface area contributed by atoms with Crippen LogP contribution in [0.25, 0.3) is 0 Å². The van der Waals surface area contributed by atoms with Gasteiger partial charge in [-0.1, -0.05) is 6.07 Å². The number of rotatable bonds is 6. The first-order valence-electron chi connectivity index (χ1n) is 8.76. The van der Waals surface area contributed by atoms with Crippen LogP contribution in [0.15, 0.2) is 18.2 Å². The van der Waals surface area contributed by atoms with E-state index >= 15 is 0 Å². The summed E-state index contributed by atoms with van der Waals surface area (Å²) in [5.41, 5.74) is 0.963. The Bertz CT molecular complexity index is 584. The highest BCUT2D eigenvalue weighted by Gasteiger charge is 2.33. The van der Waals surface area contributed by atoms with Crippen LogP contribution in [-0.2, 0) is 11.3 Å². The van der Waals surface area contributed by atoms with E-state index in [0.29, 0.717) is 24.1 Å². The number of benzene rings is 1. The van der Waals surface area contributed by atoms with Crippen LogP contribution in [0.2, 0.25) is 0 Å². The number of hydrogen-bond donors (Lipinski definition) is 2. The fraction of sp³-hybridized carbons (Fsp3) is 0.611. The molecule has 138 valence electrons. The molecule has 1 aromatic carbocycles. The molecule has 0 bridgehead atoms. The number of carbonyl (C=O) groups is 1. The van der Waals surface area contributed by atoms with Crippen molar-refractivity contribution < 1.29 is 19.0 Å². The van der Waals surface area contributed by atoms with Gasteiger partial charge in [-0.25, -0.2) is 4.79 Å². The van der Waals surface area contributed by atoms with Crippen molar-refractivity contribution in [3.8, 4) is 11.5 Å². The van der Waals surface area contributed by atoms with Crippen LogP contribution in [0.4, 0.5) is 4.79 Å².